The van der Waals surface area contributed by atoms with Crippen LogP contribution in [0.25, 0.3) is 0 Å². The first-order valence-corrected chi connectivity index (χ1v) is 8.71. The van der Waals surface area contributed by atoms with Gasteiger partial charge in [-0.25, -0.2) is 12.7 Å². The standard InChI is InChI=1S/C13H28N2O3S/c1-4-7-14-9-12(2)19(16,17)15-8-5-6-13(10-15)11-18-3/h12-14H,4-11H2,1-3H3. The maximum Gasteiger partial charge on any atom is 0.217 e. The van der Waals surface area contributed by atoms with E-state index in [9.17, 15) is 8.42 Å². The van der Waals surface area contributed by atoms with Crippen LogP contribution in [0, 0.1) is 5.92 Å². The minimum Gasteiger partial charge on any atom is -0.384 e. The summed E-state index contributed by atoms with van der Waals surface area (Å²) in [5, 5.41) is 2.83. The predicted octanol–water partition coefficient (Wildman–Crippen LogP) is 1.06. The van der Waals surface area contributed by atoms with Gasteiger partial charge in [0.2, 0.25) is 10.0 Å². The SMILES string of the molecule is CCCNCC(C)S(=O)(=O)N1CCCC(COC)C1. The van der Waals surface area contributed by atoms with Crippen molar-refractivity contribution in [1.82, 2.24) is 9.62 Å². The van der Waals surface area contributed by atoms with E-state index in [1.54, 1.807) is 18.3 Å². The van der Waals surface area contributed by atoms with E-state index < -0.39 is 10.0 Å². The Hall–Kier alpha value is -0.170. The smallest absolute Gasteiger partial charge is 0.217 e. The zero-order valence-electron chi connectivity index (χ0n) is 12.4. The third-order valence-electron chi connectivity index (χ3n) is 3.61. The lowest BCUT2D eigenvalue weighted by molar-refractivity contribution is 0.118. The number of nitrogens with one attached hydrogen (secondary N) is 1. The molecule has 114 valence electrons. The predicted molar refractivity (Wildman–Crippen MR) is 77.7 cm³/mol. The fourth-order valence-corrected chi connectivity index (χ4v) is 4.11. The lowest BCUT2D eigenvalue weighted by atomic mass is 10.0. The molecule has 5 nitrogen and oxygen atoms in total. The van der Waals surface area contributed by atoms with Gasteiger partial charge < -0.3 is 10.1 Å². The number of hydrogen-bond acceptors (Lipinski definition) is 4. The van der Waals surface area contributed by atoms with Crippen molar-refractivity contribution in [3.63, 3.8) is 0 Å². The van der Waals surface area contributed by atoms with Crippen LogP contribution in [0.4, 0.5) is 0 Å². The van der Waals surface area contributed by atoms with E-state index in [1.807, 2.05) is 0 Å². The number of piperidine rings is 1. The van der Waals surface area contributed by atoms with Gasteiger partial charge in [0.05, 0.1) is 11.9 Å². The van der Waals surface area contributed by atoms with Crippen molar-refractivity contribution < 1.29 is 13.2 Å². The van der Waals surface area contributed by atoms with Gasteiger partial charge in [-0.3, -0.25) is 0 Å². The van der Waals surface area contributed by atoms with Gasteiger partial charge in [-0.2, -0.15) is 0 Å². The first-order chi connectivity index (χ1) is 9.02. The molecule has 6 heteroatoms. The number of ether oxygens (including phenoxy) is 1. The van der Waals surface area contributed by atoms with Gasteiger partial charge in [-0.1, -0.05) is 6.92 Å². The summed E-state index contributed by atoms with van der Waals surface area (Å²) in [7, 11) is -1.51. The number of methoxy groups -OCH3 is 1. The highest BCUT2D eigenvalue weighted by Gasteiger charge is 2.32. The Kier molecular flexibility index (Phi) is 7.28. The van der Waals surface area contributed by atoms with E-state index in [4.69, 9.17) is 4.74 Å². The quantitative estimate of drug-likeness (QED) is 0.680. The molecule has 1 aliphatic heterocycles. The molecular weight excluding hydrogens is 264 g/mol. The molecule has 0 aromatic rings. The first-order valence-electron chi connectivity index (χ1n) is 7.21. The highest BCUT2D eigenvalue weighted by Crippen LogP contribution is 2.21. The Bertz CT molecular complexity index is 344. The van der Waals surface area contributed by atoms with Gasteiger partial charge in [0, 0.05) is 26.7 Å². The second-order valence-corrected chi connectivity index (χ2v) is 7.73. The van der Waals surface area contributed by atoms with Gasteiger partial charge >= 0.3 is 0 Å². The van der Waals surface area contributed by atoms with Crippen LogP contribution < -0.4 is 5.32 Å². The fraction of sp³-hybridized carbons (Fsp3) is 1.00. The highest BCUT2D eigenvalue weighted by atomic mass is 32.2. The molecule has 0 aliphatic carbocycles. The van der Waals surface area contributed by atoms with Crippen molar-refractivity contribution in [3.05, 3.63) is 0 Å². The Morgan fingerprint density at radius 3 is 2.84 bits per heavy atom. The third-order valence-corrected chi connectivity index (χ3v) is 5.85. The van der Waals surface area contributed by atoms with Crippen LogP contribution in [0.1, 0.15) is 33.1 Å². The summed E-state index contributed by atoms with van der Waals surface area (Å²) in [6.45, 7) is 7.17. The minimum absolute atomic E-state index is 0.337. The average Bonchev–Trinajstić information content (AvgIpc) is 2.39. The number of hydrogen-bond donors (Lipinski definition) is 1. The summed E-state index contributed by atoms with van der Waals surface area (Å²) in [5.41, 5.74) is 0. The second kappa shape index (κ2) is 8.19. The monoisotopic (exact) mass is 292 g/mol. The molecule has 1 N–H and O–H groups in total. The van der Waals surface area contributed by atoms with E-state index >= 15 is 0 Å². The third kappa shape index (κ3) is 5.02. The van der Waals surface area contributed by atoms with Crippen LogP contribution in [0.15, 0.2) is 0 Å². The molecule has 2 unspecified atom stereocenters. The fourth-order valence-electron chi connectivity index (χ4n) is 2.47. The average molecular weight is 292 g/mol. The number of rotatable bonds is 8. The topological polar surface area (TPSA) is 58.6 Å². The molecular formula is C13H28N2O3S. The van der Waals surface area contributed by atoms with Crippen LogP contribution >= 0.6 is 0 Å². The maximum atomic E-state index is 12.5. The van der Waals surface area contributed by atoms with Crippen LogP contribution in [-0.4, -0.2) is 57.9 Å². The van der Waals surface area contributed by atoms with E-state index in [-0.39, 0.29) is 5.25 Å². The van der Waals surface area contributed by atoms with E-state index in [2.05, 4.69) is 12.2 Å². The lowest BCUT2D eigenvalue weighted by Gasteiger charge is -2.33. The number of nitrogens with zero attached hydrogens (tertiary/aromatic N) is 1. The first kappa shape index (κ1) is 16.9. The van der Waals surface area contributed by atoms with Crippen LogP contribution in [-0.2, 0) is 14.8 Å². The molecule has 0 radical (unpaired) electrons. The van der Waals surface area contributed by atoms with E-state index in [0.717, 1.165) is 25.8 Å². The highest BCUT2D eigenvalue weighted by molar-refractivity contribution is 7.89. The van der Waals surface area contributed by atoms with Crippen molar-refractivity contribution in [3.8, 4) is 0 Å². The van der Waals surface area contributed by atoms with Gasteiger partial charge in [0.1, 0.15) is 0 Å². The summed E-state index contributed by atoms with van der Waals surface area (Å²) < 4.78 is 31.7. The summed E-state index contributed by atoms with van der Waals surface area (Å²) in [4.78, 5) is 0. The molecule has 1 rings (SSSR count). The normalized spacial score (nSPS) is 23.4. The summed E-state index contributed by atoms with van der Waals surface area (Å²) in [5.74, 6) is 0.337. The molecule has 1 heterocycles. The van der Waals surface area contributed by atoms with Gasteiger partial charge in [0.25, 0.3) is 0 Å². The molecule has 1 aliphatic rings. The Morgan fingerprint density at radius 2 is 2.21 bits per heavy atom. The second-order valence-electron chi connectivity index (χ2n) is 5.38. The van der Waals surface area contributed by atoms with Gasteiger partial charge in [0.15, 0.2) is 0 Å². The molecule has 1 fully saturated rings. The van der Waals surface area contributed by atoms with Gasteiger partial charge in [-0.05, 0) is 38.6 Å². The van der Waals surface area contributed by atoms with E-state index in [0.29, 0.717) is 32.2 Å². The van der Waals surface area contributed by atoms with E-state index in [1.165, 1.54) is 0 Å². The van der Waals surface area contributed by atoms with Crippen LogP contribution in [0.2, 0.25) is 0 Å². The van der Waals surface area contributed by atoms with Crippen molar-refractivity contribution in [1.29, 1.82) is 0 Å². The molecule has 0 bridgehead atoms. The van der Waals surface area contributed by atoms with Crippen molar-refractivity contribution in [2.75, 3.05) is 39.9 Å². The maximum absolute atomic E-state index is 12.5. The zero-order valence-corrected chi connectivity index (χ0v) is 13.2. The van der Waals surface area contributed by atoms with Crippen molar-refractivity contribution in [2.45, 2.75) is 38.4 Å². The largest absolute Gasteiger partial charge is 0.384 e. The summed E-state index contributed by atoms with van der Waals surface area (Å²) in [6.07, 6.45) is 3.01. The molecule has 1 saturated heterocycles. The number of sulfonamides is 1. The van der Waals surface area contributed by atoms with Crippen LogP contribution in [0.3, 0.4) is 0 Å². The summed E-state index contributed by atoms with van der Waals surface area (Å²) in [6, 6.07) is 0. The summed E-state index contributed by atoms with van der Waals surface area (Å²) >= 11 is 0. The molecule has 0 spiro atoms. The molecule has 2 atom stereocenters. The zero-order chi connectivity index (χ0) is 14.3. The molecule has 0 saturated carbocycles. The molecule has 0 amide bonds. The molecule has 19 heavy (non-hydrogen) atoms. The Morgan fingerprint density at radius 1 is 1.47 bits per heavy atom. The van der Waals surface area contributed by atoms with Crippen molar-refractivity contribution in [2.24, 2.45) is 5.92 Å². The molecule has 0 aromatic carbocycles. The van der Waals surface area contributed by atoms with Crippen molar-refractivity contribution >= 4 is 10.0 Å². The van der Waals surface area contributed by atoms with Crippen LogP contribution in [0.5, 0.6) is 0 Å². The Balaban J connectivity index is 2.55. The lowest BCUT2D eigenvalue weighted by Crippen LogP contribution is -2.47. The minimum atomic E-state index is -3.18. The van der Waals surface area contributed by atoms with Gasteiger partial charge in [-0.15, -0.1) is 0 Å². The molecule has 0 aromatic heterocycles. The Labute approximate surface area is 117 Å².